The van der Waals surface area contributed by atoms with Gasteiger partial charge in [0.15, 0.2) is 5.69 Å². The van der Waals surface area contributed by atoms with Crippen molar-refractivity contribution in [2.45, 2.75) is 51.5 Å². The second kappa shape index (κ2) is 10.2. The first kappa shape index (κ1) is 24.2. The highest BCUT2D eigenvalue weighted by Crippen LogP contribution is 2.39. The molecule has 1 aliphatic carbocycles. The molecule has 1 saturated carbocycles. The fourth-order valence-electron chi connectivity index (χ4n) is 4.49. The van der Waals surface area contributed by atoms with E-state index in [9.17, 15) is 19.1 Å². The van der Waals surface area contributed by atoms with Crippen LogP contribution in [-0.4, -0.2) is 26.5 Å². The van der Waals surface area contributed by atoms with Crippen LogP contribution >= 0.6 is 23.2 Å². The van der Waals surface area contributed by atoms with Gasteiger partial charge in [-0.15, -0.1) is 0 Å². The summed E-state index contributed by atoms with van der Waals surface area (Å²) in [5.41, 5.74) is 1.91. The number of carboxylic acids is 1. The molecule has 1 fully saturated rings. The van der Waals surface area contributed by atoms with E-state index in [2.05, 4.69) is 10.3 Å². The van der Waals surface area contributed by atoms with Gasteiger partial charge in [0.1, 0.15) is 11.6 Å². The second-order valence-electron chi connectivity index (χ2n) is 8.45. The van der Waals surface area contributed by atoms with Crippen LogP contribution in [0.15, 0.2) is 36.4 Å². The van der Waals surface area contributed by atoms with Gasteiger partial charge in [0, 0.05) is 30.0 Å². The molecule has 6 nitrogen and oxygen atoms in total. The zero-order valence-corrected chi connectivity index (χ0v) is 20.1. The summed E-state index contributed by atoms with van der Waals surface area (Å²) in [6.07, 6.45) is 4.91. The molecule has 0 atom stereocenters. The van der Waals surface area contributed by atoms with Crippen LogP contribution in [0.25, 0.3) is 16.9 Å². The molecule has 0 bridgehead atoms. The Hall–Kier alpha value is -2.90. The molecular formula is C25H24Cl2FN3O3. The van der Waals surface area contributed by atoms with Gasteiger partial charge in [-0.05, 0) is 48.7 Å². The Morgan fingerprint density at radius 1 is 1.15 bits per heavy atom. The van der Waals surface area contributed by atoms with Crippen molar-refractivity contribution in [3.8, 4) is 16.9 Å². The molecule has 1 heterocycles. The number of aromatic carboxylic acids is 1. The van der Waals surface area contributed by atoms with E-state index in [1.807, 2.05) is 0 Å². The number of imidazole rings is 1. The molecule has 1 aliphatic rings. The Bertz CT molecular complexity index is 1250. The topological polar surface area (TPSA) is 84.2 Å². The van der Waals surface area contributed by atoms with Crippen molar-refractivity contribution in [3.63, 3.8) is 0 Å². The number of halogens is 3. The zero-order chi connectivity index (χ0) is 24.4. The van der Waals surface area contributed by atoms with Crippen LogP contribution in [0.3, 0.4) is 0 Å². The zero-order valence-electron chi connectivity index (χ0n) is 18.6. The van der Waals surface area contributed by atoms with Crippen LogP contribution in [-0.2, 0) is 11.3 Å². The van der Waals surface area contributed by atoms with Gasteiger partial charge in [-0.25, -0.2) is 14.2 Å². The van der Waals surface area contributed by atoms with Crippen molar-refractivity contribution in [2.24, 2.45) is 0 Å². The first-order chi connectivity index (χ1) is 16.3. The molecule has 0 spiro atoms. The van der Waals surface area contributed by atoms with Crippen molar-refractivity contribution in [2.75, 3.05) is 0 Å². The molecular weight excluding hydrogens is 480 g/mol. The molecule has 3 aromatic rings. The number of carbonyl (C=O) groups excluding carboxylic acids is 1. The molecule has 0 aliphatic heterocycles. The van der Waals surface area contributed by atoms with E-state index in [0.717, 1.165) is 37.7 Å². The maximum absolute atomic E-state index is 14.0. The number of amides is 1. The average molecular weight is 504 g/mol. The Kier molecular flexibility index (Phi) is 7.24. The highest BCUT2D eigenvalue weighted by molar-refractivity contribution is 6.31. The van der Waals surface area contributed by atoms with Gasteiger partial charge in [0.05, 0.1) is 16.4 Å². The normalized spacial score (nSPS) is 14.2. The van der Waals surface area contributed by atoms with Crippen LogP contribution in [0.5, 0.6) is 0 Å². The Labute approximate surface area is 206 Å². The number of nitrogens with one attached hydrogen (secondary N) is 1. The van der Waals surface area contributed by atoms with Gasteiger partial charge in [-0.2, -0.15) is 0 Å². The van der Waals surface area contributed by atoms with Crippen molar-refractivity contribution < 1.29 is 19.1 Å². The van der Waals surface area contributed by atoms with E-state index in [0.29, 0.717) is 27.8 Å². The first-order valence-corrected chi connectivity index (χ1v) is 11.9. The number of carbonyl (C=O) groups is 2. The lowest BCUT2D eigenvalue weighted by atomic mass is 9.88. The van der Waals surface area contributed by atoms with Crippen LogP contribution < -0.4 is 5.32 Å². The number of aromatic nitrogens is 2. The van der Waals surface area contributed by atoms with E-state index < -0.39 is 11.8 Å². The van der Waals surface area contributed by atoms with Gasteiger partial charge in [0.2, 0.25) is 5.91 Å². The monoisotopic (exact) mass is 503 g/mol. The van der Waals surface area contributed by atoms with E-state index in [-0.39, 0.29) is 29.1 Å². The van der Waals surface area contributed by atoms with E-state index in [1.54, 1.807) is 22.8 Å². The number of hydrogen-bond donors (Lipinski definition) is 2. The first-order valence-electron chi connectivity index (χ1n) is 11.1. The Balaban J connectivity index is 2.03. The number of nitrogens with zero attached hydrogens (tertiary/aromatic N) is 2. The SMILES string of the molecule is CC(=O)NCc1ccc(Cl)cc1-n1c(C2CCCCC2)nc(C(=O)O)c1-c1ccc(F)c(Cl)c1. The van der Waals surface area contributed by atoms with Crippen molar-refractivity contribution in [1.82, 2.24) is 14.9 Å². The molecule has 0 saturated heterocycles. The Morgan fingerprint density at radius 3 is 2.53 bits per heavy atom. The summed E-state index contributed by atoms with van der Waals surface area (Å²) in [6.45, 7) is 1.64. The third-order valence-electron chi connectivity index (χ3n) is 6.09. The lowest BCUT2D eigenvalue weighted by Gasteiger charge is -2.24. The van der Waals surface area contributed by atoms with Crippen LogP contribution in [0.1, 0.15) is 66.8 Å². The van der Waals surface area contributed by atoms with Gasteiger partial charge in [-0.3, -0.25) is 9.36 Å². The minimum absolute atomic E-state index is 0.0455. The largest absolute Gasteiger partial charge is 0.476 e. The lowest BCUT2D eigenvalue weighted by molar-refractivity contribution is -0.119. The quantitative estimate of drug-likeness (QED) is 0.409. The van der Waals surface area contributed by atoms with Crippen molar-refractivity contribution in [3.05, 3.63) is 69.3 Å². The summed E-state index contributed by atoms with van der Waals surface area (Å²) >= 11 is 12.4. The maximum atomic E-state index is 14.0. The molecule has 2 N–H and O–H groups in total. The molecule has 1 amide bonds. The molecule has 1 aromatic heterocycles. The third kappa shape index (κ3) is 4.95. The smallest absolute Gasteiger partial charge is 0.356 e. The Morgan fingerprint density at radius 2 is 1.88 bits per heavy atom. The fraction of sp³-hybridized carbons (Fsp3) is 0.320. The molecule has 34 heavy (non-hydrogen) atoms. The summed E-state index contributed by atoms with van der Waals surface area (Å²) < 4.78 is 15.8. The van der Waals surface area contributed by atoms with Crippen LogP contribution in [0.4, 0.5) is 4.39 Å². The van der Waals surface area contributed by atoms with E-state index in [1.165, 1.54) is 25.1 Å². The standard InChI is InChI=1S/C25H24Cl2FN3O3/c1-14(32)29-13-17-7-9-18(26)12-21(17)31-23(16-8-10-20(28)19(27)11-16)22(25(33)34)30-24(31)15-5-3-2-4-6-15/h7-12,15H,2-6,13H2,1H3,(H,29,32)(H,33,34). The molecule has 9 heteroatoms. The summed E-state index contributed by atoms with van der Waals surface area (Å²) in [6, 6.07) is 9.33. The minimum Gasteiger partial charge on any atom is -0.476 e. The fourth-order valence-corrected chi connectivity index (χ4v) is 4.84. The van der Waals surface area contributed by atoms with Gasteiger partial charge in [0.25, 0.3) is 0 Å². The third-order valence-corrected chi connectivity index (χ3v) is 6.61. The predicted molar refractivity (Wildman–Crippen MR) is 129 cm³/mol. The van der Waals surface area contributed by atoms with E-state index in [4.69, 9.17) is 23.2 Å². The minimum atomic E-state index is -1.20. The maximum Gasteiger partial charge on any atom is 0.356 e. The highest BCUT2D eigenvalue weighted by Gasteiger charge is 2.30. The van der Waals surface area contributed by atoms with Gasteiger partial charge < -0.3 is 10.4 Å². The number of rotatable bonds is 6. The average Bonchev–Trinajstić information content (AvgIpc) is 3.21. The number of benzene rings is 2. The van der Waals surface area contributed by atoms with Crippen molar-refractivity contribution >= 4 is 35.1 Å². The van der Waals surface area contributed by atoms with Crippen molar-refractivity contribution in [1.29, 1.82) is 0 Å². The van der Waals surface area contributed by atoms with Gasteiger partial charge >= 0.3 is 5.97 Å². The molecule has 4 rings (SSSR count). The van der Waals surface area contributed by atoms with Gasteiger partial charge in [-0.1, -0.05) is 48.5 Å². The van der Waals surface area contributed by atoms with E-state index >= 15 is 0 Å². The molecule has 2 aromatic carbocycles. The molecule has 0 unspecified atom stereocenters. The summed E-state index contributed by atoms with van der Waals surface area (Å²) in [5.74, 6) is -1.34. The predicted octanol–water partition coefficient (Wildman–Crippen LogP) is 6.37. The van der Waals surface area contributed by atoms with Crippen LogP contribution in [0, 0.1) is 5.82 Å². The highest BCUT2D eigenvalue weighted by atomic mass is 35.5. The number of hydrogen-bond acceptors (Lipinski definition) is 3. The summed E-state index contributed by atoms with van der Waals surface area (Å²) in [7, 11) is 0. The molecule has 0 radical (unpaired) electrons. The number of carboxylic acid groups (broad SMARTS) is 1. The van der Waals surface area contributed by atoms with Crippen LogP contribution in [0.2, 0.25) is 10.0 Å². The summed E-state index contributed by atoms with van der Waals surface area (Å²) in [4.78, 5) is 28.5. The lowest BCUT2D eigenvalue weighted by Crippen LogP contribution is -2.21. The second-order valence-corrected chi connectivity index (χ2v) is 9.30. The molecule has 178 valence electrons. The summed E-state index contributed by atoms with van der Waals surface area (Å²) in [5, 5.41) is 13.2.